The van der Waals surface area contributed by atoms with Crippen molar-refractivity contribution >= 4 is 0 Å². The maximum absolute atomic E-state index is 9.69. The smallest absolute Gasteiger partial charge is 0.156 e. The van der Waals surface area contributed by atoms with E-state index in [1.54, 1.807) is 0 Å². The third kappa shape index (κ3) is 4.96. The molecule has 0 aliphatic rings. The number of nitrogens with one attached hydrogen (secondary N) is 1. The van der Waals surface area contributed by atoms with Crippen molar-refractivity contribution in [1.29, 1.82) is 5.26 Å². The minimum atomic E-state index is -0.762. The van der Waals surface area contributed by atoms with Gasteiger partial charge in [0, 0.05) is 12.6 Å². The van der Waals surface area contributed by atoms with Gasteiger partial charge in [-0.05, 0) is 25.8 Å². The molecular weight excluding hydrogens is 248 g/mol. The van der Waals surface area contributed by atoms with Gasteiger partial charge in [0.15, 0.2) is 5.54 Å². The van der Waals surface area contributed by atoms with Crippen LogP contribution in [0.25, 0.3) is 0 Å². The first-order valence-corrected chi connectivity index (χ1v) is 7.47. The number of ether oxygens (including phenoxy) is 1. The summed E-state index contributed by atoms with van der Waals surface area (Å²) in [4.78, 5) is 0. The normalized spacial score (nSPS) is 13.9. The Morgan fingerprint density at radius 3 is 2.50 bits per heavy atom. The quantitative estimate of drug-likeness (QED) is 0.700. The SMILES string of the molecule is CCCCCOCC(C#N)(NC(C)C)c1ccccc1. The van der Waals surface area contributed by atoms with Crippen LogP contribution in [0.1, 0.15) is 45.6 Å². The first-order valence-electron chi connectivity index (χ1n) is 7.47. The first-order chi connectivity index (χ1) is 9.64. The molecule has 1 rings (SSSR count). The van der Waals surface area contributed by atoms with Gasteiger partial charge in [-0.15, -0.1) is 0 Å². The average Bonchev–Trinajstić information content (AvgIpc) is 2.46. The molecule has 3 heteroatoms. The van der Waals surface area contributed by atoms with Gasteiger partial charge in [-0.2, -0.15) is 5.26 Å². The average molecular weight is 274 g/mol. The molecule has 1 N–H and O–H groups in total. The highest BCUT2D eigenvalue weighted by Gasteiger charge is 2.33. The molecule has 0 heterocycles. The van der Waals surface area contributed by atoms with E-state index in [1.165, 1.54) is 12.8 Å². The Hall–Kier alpha value is -1.37. The summed E-state index contributed by atoms with van der Waals surface area (Å²) in [5.41, 5.74) is 0.202. The molecule has 20 heavy (non-hydrogen) atoms. The lowest BCUT2D eigenvalue weighted by molar-refractivity contribution is 0.0824. The molecule has 0 saturated heterocycles. The number of nitriles is 1. The number of benzene rings is 1. The Kier molecular flexibility index (Phi) is 7.28. The molecule has 0 aliphatic carbocycles. The van der Waals surface area contributed by atoms with Gasteiger partial charge in [0.2, 0.25) is 0 Å². The van der Waals surface area contributed by atoms with Gasteiger partial charge in [-0.1, -0.05) is 50.1 Å². The predicted octanol–water partition coefficient (Wildman–Crippen LogP) is 3.61. The summed E-state index contributed by atoms with van der Waals surface area (Å²) < 4.78 is 5.76. The summed E-state index contributed by atoms with van der Waals surface area (Å²) in [5.74, 6) is 0. The number of nitrogens with zero attached hydrogens (tertiary/aromatic N) is 1. The molecule has 0 bridgehead atoms. The molecule has 1 atom stereocenters. The van der Waals surface area contributed by atoms with Crippen LogP contribution in [0.15, 0.2) is 30.3 Å². The standard InChI is InChI=1S/C17H26N2O/c1-4-5-9-12-20-14-17(13-18,19-15(2)3)16-10-7-6-8-11-16/h6-8,10-11,15,19H,4-5,9,12,14H2,1-3H3. The van der Waals surface area contributed by atoms with Crippen molar-refractivity contribution in [3.8, 4) is 6.07 Å². The molecule has 0 amide bonds. The fourth-order valence-corrected chi connectivity index (χ4v) is 2.23. The van der Waals surface area contributed by atoms with Crippen molar-refractivity contribution in [1.82, 2.24) is 5.32 Å². The van der Waals surface area contributed by atoms with Gasteiger partial charge >= 0.3 is 0 Å². The Morgan fingerprint density at radius 2 is 1.95 bits per heavy atom. The van der Waals surface area contributed by atoms with Crippen molar-refractivity contribution in [2.45, 2.75) is 51.6 Å². The van der Waals surface area contributed by atoms with Crippen LogP contribution in [-0.4, -0.2) is 19.3 Å². The lowest BCUT2D eigenvalue weighted by atomic mass is 9.91. The van der Waals surface area contributed by atoms with E-state index in [4.69, 9.17) is 4.74 Å². The predicted molar refractivity (Wildman–Crippen MR) is 82.3 cm³/mol. The van der Waals surface area contributed by atoms with Gasteiger partial charge in [-0.3, -0.25) is 5.32 Å². The molecule has 1 unspecified atom stereocenters. The van der Waals surface area contributed by atoms with Gasteiger partial charge in [0.25, 0.3) is 0 Å². The molecular formula is C17H26N2O. The fourth-order valence-electron chi connectivity index (χ4n) is 2.23. The zero-order chi connectivity index (χ0) is 14.8. The number of rotatable bonds is 9. The van der Waals surface area contributed by atoms with Crippen LogP contribution in [0.5, 0.6) is 0 Å². The monoisotopic (exact) mass is 274 g/mol. The van der Waals surface area contributed by atoms with Gasteiger partial charge in [0.05, 0.1) is 12.7 Å². The van der Waals surface area contributed by atoms with E-state index in [9.17, 15) is 5.26 Å². The second-order valence-electron chi connectivity index (χ2n) is 5.44. The molecule has 0 spiro atoms. The highest BCUT2D eigenvalue weighted by atomic mass is 16.5. The molecule has 1 aromatic carbocycles. The lowest BCUT2D eigenvalue weighted by Crippen LogP contribution is -2.48. The highest BCUT2D eigenvalue weighted by Crippen LogP contribution is 2.22. The maximum Gasteiger partial charge on any atom is 0.156 e. The van der Waals surface area contributed by atoms with Crippen molar-refractivity contribution in [3.63, 3.8) is 0 Å². The summed E-state index contributed by atoms with van der Waals surface area (Å²) in [7, 11) is 0. The molecule has 0 radical (unpaired) electrons. The maximum atomic E-state index is 9.69. The lowest BCUT2D eigenvalue weighted by Gasteiger charge is -2.30. The minimum Gasteiger partial charge on any atom is -0.378 e. The van der Waals surface area contributed by atoms with E-state index in [-0.39, 0.29) is 6.04 Å². The Labute approximate surface area is 123 Å². The Bertz CT molecular complexity index is 411. The van der Waals surface area contributed by atoms with Crippen LogP contribution in [0.2, 0.25) is 0 Å². The first kappa shape index (κ1) is 16.7. The molecule has 0 aliphatic heterocycles. The van der Waals surface area contributed by atoms with E-state index in [1.807, 2.05) is 44.2 Å². The zero-order valence-corrected chi connectivity index (χ0v) is 12.9. The summed E-state index contributed by atoms with van der Waals surface area (Å²) in [6.45, 7) is 7.36. The van der Waals surface area contributed by atoms with E-state index in [2.05, 4.69) is 18.3 Å². The van der Waals surface area contributed by atoms with Crippen LogP contribution in [0, 0.1) is 11.3 Å². The minimum absolute atomic E-state index is 0.217. The van der Waals surface area contributed by atoms with E-state index >= 15 is 0 Å². The highest BCUT2D eigenvalue weighted by molar-refractivity contribution is 5.31. The third-order valence-electron chi connectivity index (χ3n) is 3.20. The van der Waals surface area contributed by atoms with Gasteiger partial charge < -0.3 is 4.74 Å². The molecule has 1 aromatic rings. The number of hydrogen-bond acceptors (Lipinski definition) is 3. The van der Waals surface area contributed by atoms with Crippen molar-refractivity contribution in [2.24, 2.45) is 0 Å². The number of unbranched alkanes of at least 4 members (excludes halogenated alkanes) is 2. The molecule has 0 fully saturated rings. The molecule has 0 saturated carbocycles. The summed E-state index contributed by atoms with van der Waals surface area (Å²) in [6.07, 6.45) is 3.40. The number of hydrogen-bond donors (Lipinski definition) is 1. The van der Waals surface area contributed by atoms with Crippen LogP contribution in [0.3, 0.4) is 0 Å². The van der Waals surface area contributed by atoms with Crippen molar-refractivity contribution in [2.75, 3.05) is 13.2 Å². The summed E-state index contributed by atoms with van der Waals surface area (Å²) in [5, 5.41) is 13.1. The van der Waals surface area contributed by atoms with E-state index in [0.717, 1.165) is 12.0 Å². The molecule has 3 nitrogen and oxygen atoms in total. The van der Waals surface area contributed by atoms with Crippen molar-refractivity contribution in [3.05, 3.63) is 35.9 Å². The second-order valence-corrected chi connectivity index (χ2v) is 5.44. The van der Waals surface area contributed by atoms with Crippen LogP contribution >= 0.6 is 0 Å². The van der Waals surface area contributed by atoms with E-state index < -0.39 is 5.54 Å². The largest absolute Gasteiger partial charge is 0.378 e. The van der Waals surface area contributed by atoms with E-state index in [0.29, 0.717) is 13.2 Å². The summed E-state index contributed by atoms with van der Waals surface area (Å²) in [6, 6.07) is 12.5. The second kappa shape index (κ2) is 8.73. The van der Waals surface area contributed by atoms with Gasteiger partial charge in [-0.25, -0.2) is 0 Å². The molecule has 110 valence electrons. The van der Waals surface area contributed by atoms with Crippen LogP contribution < -0.4 is 5.32 Å². The summed E-state index contributed by atoms with van der Waals surface area (Å²) >= 11 is 0. The third-order valence-corrected chi connectivity index (χ3v) is 3.20. The van der Waals surface area contributed by atoms with Crippen LogP contribution in [0.4, 0.5) is 0 Å². The molecule has 0 aromatic heterocycles. The Balaban J connectivity index is 2.76. The van der Waals surface area contributed by atoms with Crippen LogP contribution in [-0.2, 0) is 10.3 Å². The van der Waals surface area contributed by atoms with Gasteiger partial charge in [0.1, 0.15) is 0 Å². The topological polar surface area (TPSA) is 45.0 Å². The fraction of sp³-hybridized carbons (Fsp3) is 0.588. The van der Waals surface area contributed by atoms with Crippen molar-refractivity contribution < 1.29 is 4.74 Å². The Morgan fingerprint density at radius 1 is 1.25 bits per heavy atom. The zero-order valence-electron chi connectivity index (χ0n) is 12.9.